The topological polar surface area (TPSA) is 58.9 Å². The van der Waals surface area contributed by atoms with Crippen molar-refractivity contribution in [3.05, 3.63) is 11.6 Å². The van der Waals surface area contributed by atoms with Crippen LogP contribution in [0.4, 0.5) is 0 Å². The standard InChI is InChI=1S/C29H48O4/c1-18-9-12-26(4)21(15-18)7-8-23-22(26)11-13-27(5)25-20(3)29(31,14-10-19(2)17-32-6)33-24(25)16-28(23,27)30/h7,18-20,22-25,30-31H,8-17H2,1-6H3. The molecule has 4 heteroatoms. The second-order valence-electron chi connectivity index (χ2n) is 13.4. The number of aliphatic hydroxyl groups is 2. The predicted octanol–water partition coefficient (Wildman–Crippen LogP) is 5.71. The Kier molecular flexibility index (Phi) is 5.92. The van der Waals surface area contributed by atoms with Gasteiger partial charge in [-0.25, -0.2) is 0 Å². The van der Waals surface area contributed by atoms with Crippen LogP contribution >= 0.6 is 0 Å². The van der Waals surface area contributed by atoms with Crippen molar-refractivity contribution >= 4 is 0 Å². The van der Waals surface area contributed by atoms with Gasteiger partial charge < -0.3 is 19.7 Å². The lowest BCUT2D eigenvalue weighted by atomic mass is 9.45. The number of rotatable bonds is 5. The average molecular weight is 461 g/mol. The molecule has 1 saturated heterocycles. The molecule has 1 aliphatic heterocycles. The molecule has 2 N–H and O–H groups in total. The highest BCUT2D eigenvalue weighted by atomic mass is 16.6. The number of hydrogen-bond donors (Lipinski definition) is 2. The Morgan fingerprint density at radius 3 is 2.64 bits per heavy atom. The Hall–Kier alpha value is -0.420. The largest absolute Gasteiger partial charge is 0.389 e. The van der Waals surface area contributed by atoms with Gasteiger partial charge in [0.25, 0.3) is 0 Å². The third kappa shape index (κ3) is 3.37. The van der Waals surface area contributed by atoms with Gasteiger partial charge in [-0.15, -0.1) is 0 Å². The van der Waals surface area contributed by atoms with Crippen LogP contribution in [0.25, 0.3) is 0 Å². The summed E-state index contributed by atoms with van der Waals surface area (Å²) in [7, 11) is 1.74. The highest BCUT2D eigenvalue weighted by molar-refractivity contribution is 5.29. The van der Waals surface area contributed by atoms with Crippen LogP contribution in [-0.4, -0.2) is 41.4 Å². The van der Waals surface area contributed by atoms with Gasteiger partial charge in [0.2, 0.25) is 0 Å². The zero-order chi connectivity index (χ0) is 23.8. The lowest BCUT2D eigenvalue weighted by molar-refractivity contribution is -0.238. The molecule has 0 amide bonds. The Morgan fingerprint density at radius 2 is 1.91 bits per heavy atom. The van der Waals surface area contributed by atoms with Crippen molar-refractivity contribution in [3.8, 4) is 0 Å². The summed E-state index contributed by atoms with van der Waals surface area (Å²) in [5.74, 6) is 1.26. The summed E-state index contributed by atoms with van der Waals surface area (Å²) >= 11 is 0. The summed E-state index contributed by atoms with van der Waals surface area (Å²) < 4.78 is 11.8. The van der Waals surface area contributed by atoms with E-state index in [1.165, 1.54) is 25.7 Å². The maximum atomic E-state index is 12.5. The maximum absolute atomic E-state index is 12.5. The van der Waals surface area contributed by atoms with E-state index in [-0.39, 0.29) is 28.8 Å². The molecule has 0 bridgehead atoms. The van der Waals surface area contributed by atoms with Crippen molar-refractivity contribution in [1.82, 2.24) is 0 Å². The summed E-state index contributed by atoms with van der Waals surface area (Å²) in [4.78, 5) is 0. The summed E-state index contributed by atoms with van der Waals surface area (Å²) in [5, 5.41) is 24.1. The third-order valence-electron chi connectivity index (χ3n) is 11.7. The minimum Gasteiger partial charge on any atom is -0.389 e. The van der Waals surface area contributed by atoms with E-state index in [2.05, 4.69) is 40.7 Å². The molecule has 1 heterocycles. The van der Waals surface area contributed by atoms with Crippen molar-refractivity contribution in [2.75, 3.05) is 13.7 Å². The molecule has 3 saturated carbocycles. The number of fused-ring (bicyclic) bond motifs is 7. The van der Waals surface area contributed by atoms with Crippen molar-refractivity contribution in [3.63, 3.8) is 0 Å². The van der Waals surface area contributed by atoms with Crippen LogP contribution in [-0.2, 0) is 9.47 Å². The predicted molar refractivity (Wildman–Crippen MR) is 130 cm³/mol. The van der Waals surface area contributed by atoms with Crippen LogP contribution in [0, 0.1) is 46.3 Å². The zero-order valence-electron chi connectivity index (χ0n) is 21.9. The maximum Gasteiger partial charge on any atom is 0.168 e. The van der Waals surface area contributed by atoms with Crippen LogP contribution in [0.15, 0.2) is 11.6 Å². The molecule has 4 fully saturated rings. The summed E-state index contributed by atoms with van der Waals surface area (Å²) in [6.07, 6.45) is 11.8. The molecule has 0 aromatic carbocycles. The Balaban J connectivity index is 1.39. The summed E-state index contributed by atoms with van der Waals surface area (Å²) in [5.41, 5.74) is 1.05. The molecule has 0 spiro atoms. The van der Waals surface area contributed by atoms with E-state index in [0.717, 1.165) is 25.2 Å². The Bertz CT molecular complexity index is 794. The van der Waals surface area contributed by atoms with E-state index in [0.29, 0.717) is 37.2 Å². The Labute approximate surface area is 201 Å². The number of allylic oxidation sites excluding steroid dienone is 2. The van der Waals surface area contributed by atoms with Crippen molar-refractivity contribution < 1.29 is 19.7 Å². The number of methoxy groups -OCH3 is 1. The first kappa shape index (κ1) is 24.3. The van der Waals surface area contributed by atoms with Crippen LogP contribution in [0.5, 0.6) is 0 Å². The highest BCUT2D eigenvalue weighted by Gasteiger charge is 2.73. The molecule has 0 radical (unpaired) electrons. The van der Waals surface area contributed by atoms with Gasteiger partial charge in [0.05, 0.1) is 11.7 Å². The molecule has 5 aliphatic rings. The first-order valence-electron chi connectivity index (χ1n) is 13.8. The lowest BCUT2D eigenvalue weighted by Crippen LogP contribution is -2.61. The van der Waals surface area contributed by atoms with Crippen molar-refractivity contribution in [1.29, 1.82) is 0 Å². The highest BCUT2D eigenvalue weighted by Crippen LogP contribution is 2.71. The van der Waals surface area contributed by atoms with Gasteiger partial charge in [-0.3, -0.25) is 0 Å². The van der Waals surface area contributed by atoms with Gasteiger partial charge in [0, 0.05) is 43.8 Å². The molecule has 5 rings (SSSR count). The molecule has 11 atom stereocenters. The molecular weight excluding hydrogens is 412 g/mol. The SMILES string of the molecule is COCC(C)CCC1(O)OC2CC3(O)C4CC=C5CC(C)CCC5(C)C4CCC3(C)C2C1C. The normalized spacial score (nSPS) is 54.1. The molecule has 0 aromatic rings. The van der Waals surface area contributed by atoms with Crippen molar-refractivity contribution in [2.45, 2.75) is 110 Å². The van der Waals surface area contributed by atoms with Crippen LogP contribution < -0.4 is 0 Å². The monoisotopic (exact) mass is 460 g/mol. The molecule has 33 heavy (non-hydrogen) atoms. The van der Waals surface area contributed by atoms with Gasteiger partial charge in [-0.1, -0.05) is 46.3 Å². The van der Waals surface area contributed by atoms with E-state index in [9.17, 15) is 10.2 Å². The van der Waals surface area contributed by atoms with Crippen LogP contribution in [0.2, 0.25) is 0 Å². The van der Waals surface area contributed by atoms with Crippen LogP contribution in [0.3, 0.4) is 0 Å². The van der Waals surface area contributed by atoms with E-state index in [1.807, 2.05) is 0 Å². The minimum atomic E-state index is -1.08. The lowest BCUT2D eigenvalue weighted by Gasteiger charge is -2.61. The fourth-order valence-electron chi connectivity index (χ4n) is 9.61. The second kappa shape index (κ2) is 8.05. The molecule has 0 aromatic heterocycles. The van der Waals surface area contributed by atoms with Gasteiger partial charge in [0.15, 0.2) is 5.79 Å². The van der Waals surface area contributed by atoms with Gasteiger partial charge in [-0.05, 0) is 74.0 Å². The first-order valence-corrected chi connectivity index (χ1v) is 13.8. The average Bonchev–Trinajstić information content (AvgIpc) is 3.13. The molecule has 188 valence electrons. The number of hydrogen-bond acceptors (Lipinski definition) is 4. The van der Waals surface area contributed by atoms with E-state index >= 15 is 0 Å². The van der Waals surface area contributed by atoms with E-state index in [1.54, 1.807) is 12.7 Å². The summed E-state index contributed by atoms with van der Waals surface area (Å²) in [6.45, 7) is 12.3. The third-order valence-corrected chi connectivity index (χ3v) is 11.7. The Morgan fingerprint density at radius 1 is 1.15 bits per heavy atom. The smallest absolute Gasteiger partial charge is 0.168 e. The fourth-order valence-corrected chi connectivity index (χ4v) is 9.61. The molecule has 11 unspecified atom stereocenters. The van der Waals surface area contributed by atoms with Gasteiger partial charge in [0.1, 0.15) is 0 Å². The second-order valence-corrected chi connectivity index (χ2v) is 13.4. The van der Waals surface area contributed by atoms with E-state index < -0.39 is 11.4 Å². The molecular formula is C29H48O4. The minimum absolute atomic E-state index is 0.0358. The zero-order valence-corrected chi connectivity index (χ0v) is 21.9. The van der Waals surface area contributed by atoms with Gasteiger partial charge >= 0.3 is 0 Å². The quantitative estimate of drug-likeness (QED) is 0.516. The van der Waals surface area contributed by atoms with Crippen LogP contribution in [0.1, 0.15) is 92.4 Å². The van der Waals surface area contributed by atoms with Crippen molar-refractivity contribution in [2.24, 2.45) is 46.3 Å². The van der Waals surface area contributed by atoms with Gasteiger partial charge in [-0.2, -0.15) is 0 Å². The summed E-state index contributed by atoms with van der Waals surface area (Å²) in [6, 6.07) is 0. The molecule has 4 aliphatic carbocycles. The fraction of sp³-hybridized carbons (Fsp3) is 0.931. The first-order chi connectivity index (χ1) is 15.5. The molecule has 4 nitrogen and oxygen atoms in total. The number of ether oxygens (including phenoxy) is 2. The van der Waals surface area contributed by atoms with E-state index in [4.69, 9.17) is 9.47 Å².